The average molecular weight is 274 g/mol. The highest BCUT2D eigenvalue weighted by atomic mass is 32.2. The number of anilines is 1. The fourth-order valence-electron chi connectivity index (χ4n) is 3.26. The van der Waals surface area contributed by atoms with Crippen molar-refractivity contribution in [2.24, 2.45) is 10.9 Å². The Hall–Kier alpha value is -0.960. The van der Waals surface area contributed by atoms with E-state index in [0.717, 1.165) is 22.5 Å². The largest absolute Gasteiger partial charge is 0.335 e. The Morgan fingerprint density at radius 2 is 2.32 bits per heavy atom. The van der Waals surface area contributed by atoms with E-state index in [1.165, 1.54) is 31.2 Å². The Morgan fingerprint density at radius 3 is 3.11 bits per heavy atom. The minimum Gasteiger partial charge on any atom is -0.335 e. The summed E-state index contributed by atoms with van der Waals surface area (Å²) in [5, 5.41) is 4.59. The van der Waals surface area contributed by atoms with E-state index in [1.54, 1.807) is 0 Å². The van der Waals surface area contributed by atoms with E-state index in [0.29, 0.717) is 0 Å². The summed E-state index contributed by atoms with van der Waals surface area (Å²) in [4.78, 5) is 5.02. The van der Waals surface area contributed by atoms with Crippen molar-refractivity contribution < 1.29 is 0 Å². The molecular weight excluding hydrogens is 252 g/mol. The van der Waals surface area contributed by atoms with Gasteiger partial charge in [0.25, 0.3) is 0 Å². The van der Waals surface area contributed by atoms with Crippen LogP contribution in [0.5, 0.6) is 0 Å². The molecule has 0 saturated heterocycles. The van der Waals surface area contributed by atoms with Gasteiger partial charge in [0, 0.05) is 11.4 Å². The predicted molar refractivity (Wildman–Crippen MR) is 85.1 cm³/mol. The van der Waals surface area contributed by atoms with E-state index < -0.39 is 0 Å². The lowest BCUT2D eigenvalue weighted by molar-refractivity contribution is 0.266. The van der Waals surface area contributed by atoms with Crippen molar-refractivity contribution in [3.8, 4) is 0 Å². The molecule has 2 unspecified atom stereocenters. The van der Waals surface area contributed by atoms with Gasteiger partial charge in [-0.25, -0.2) is 0 Å². The third kappa shape index (κ3) is 2.97. The first-order valence-corrected chi connectivity index (χ1v) is 8.20. The molecule has 3 heteroatoms. The van der Waals surface area contributed by atoms with E-state index in [-0.39, 0.29) is 5.54 Å². The van der Waals surface area contributed by atoms with E-state index in [1.807, 2.05) is 11.8 Å². The fourth-order valence-corrected chi connectivity index (χ4v) is 4.44. The highest BCUT2D eigenvalue weighted by Crippen LogP contribution is 2.42. The summed E-state index contributed by atoms with van der Waals surface area (Å²) >= 11 is 1.89. The molecule has 1 N–H and O–H groups in total. The van der Waals surface area contributed by atoms with Crippen molar-refractivity contribution in [3.63, 3.8) is 0 Å². The SMILES string of the molecule is Cc1cccc(NC2=NC3(CCCC(C)C3)CS2)c1. The summed E-state index contributed by atoms with van der Waals surface area (Å²) in [5.41, 5.74) is 2.68. The van der Waals surface area contributed by atoms with Gasteiger partial charge < -0.3 is 5.32 Å². The van der Waals surface area contributed by atoms with Gasteiger partial charge in [-0.15, -0.1) is 0 Å². The molecule has 0 bridgehead atoms. The number of aryl methyl sites for hydroxylation is 1. The van der Waals surface area contributed by atoms with E-state index in [4.69, 9.17) is 4.99 Å². The summed E-state index contributed by atoms with van der Waals surface area (Å²) in [7, 11) is 0. The molecule has 1 heterocycles. The summed E-state index contributed by atoms with van der Waals surface area (Å²) in [6.45, 7) is 4.49. The smallest absolute Gasteiger partial charge is 0.161 e. The van der Waals surface area contributed by atoms with Gasteiger partial charge in [-0.05, 0) is 43.4 Å². The van der Waals surface area contributed by atoms with Crippen LogP contribution in [0.25, 0.3) is 0 Å². The number of hydrogen-bond acceptors (Lipinski definition) is 3. The molecule has 0 aromatic heterocycles. The van der Waals surface area contributed by atoms with Gasteiger partial charge in [0.05, 0.1) is 5.54 Å². The van der Waals surface area contributed by atoms with Gasteiger partial charge in [-0.2, -0.15) is 0 Å². The van der Waals surface area contributed by atoms with Crippen molar-refractivity contribution in [1.29, 1.82) is 0 Å². The lowest BCUT2D eigenvalue weighted by Crippen LogP contribution is -2.33. The molecular formula is C16H22N2S. The standard InChI is InChI=1S/C16H22N2S/c1-12-5-3-7-14(9-12)17-15-18-16(11-19-15)8-4-6-13(2)10-16/h3,5,7,9,13H,4,6,8,10-11H2,1-2H3,(H,17,18). The summed E-state index contributed by atoms with van der Waals surface area (Å²) in [5.74, 6) is 1.99. The lowest BCUT2D eigenvalue weighted by atomic mass is 9.78. The van der Waals surface area contributed by atoms with Crippen LogP contribution in [-0.4, -0.2) is 16.5 Å². The highest BCUT2D eigenvalue weighted by molar-refractivity contribution is 8.14. The van der Waals surface area contributed by atoms with Gasteiger partial charge in [0.15, 0.2) is 5.17 Å². The van der Waals surface area contributed by atoms with Crippen molar-refractivity contribution >= 4 is 22.6 Å². The number of amidine groups is 1. The van der Waals surface area contributed by atoms with Gasteiger partial charge in [-0.3, -0.25) is 4.99 Å². The van der Waals surface area contributed by atoms with Crippen molar-refractivity contribution in [1.82, 2.24) is 0 Å². The molecule has 1 spiro atoms. The normalized spacial score (nSPS) is 30.4. The topological polar surface area (TPSA) is 24.4 Å². The van der Waals surface area contributed by atoms with Gasteiger partial charge in [-0.1, -0.05) is 43.7 Å². The molecule has 102 valence electrons. The van der Waals surface area contributed by atoms with Crippen LogP contribution in [-0.2, 0) is 0 Å². The number of nitrogens with zero attached hydrogens (tertiary/aromatic N) is 1. The number of hydrogen-bond donors (Lipinski definition) is 1. The monoisotopic (exact) mass is 274 g/mol. The Morgan fingerprint density at radius 1 is 1.42 bits per heavy atom. The van der Waals surface area contributed by atoms with E-state index >= 15 is 0 Å². The first kappa shape index (κ1) is 13.0. The Labute approximate surface area is 120 Å². The maximum absolute atomic E-state index is 5.02. The molecule has 0 radical (unpaired) electrons. The second kappa shape index (κ2) is 5.20. The van der Waals surface area contributed by atoms with Crippen LogP contribution < -0.4 is 5.32 Å². The van der Waals surface area contributed by atoms with E-state index in [2.05, 4.69) is 43.4 Å². The first-order chi connectivity index (χ1) is 9.15. The van der Waals surface area contributed by atoms with Crippen LogP contribution in [0.4, 0.5) is 5.69 Å². The molecule has 0 amide bonds. The maximum Gasteiger partial charge on any atom is 0.161 e. The molecule has 1 saturated carbocycles. The summed E-state index contributed by atoms with van der Waals surface area (Å²) in [6.07, 6.45) is 5.24. The highest BCUT2D eigenvalue weighted by Gasteiger charge is 2.39. The molecule has 2 nitrogen and oxygen atoms in total. The molecule has 2 aliphatic rings. The van der Waals surface area contributed by atoms with Crippen molar-refractivity contribution in [3.05, 3.63) is 29.8 Å². The minimum absolute atomic E-state index is 0.231. The zero-order chi connectivity index (χ0) is 13.3. The van der Waals surface area contributed by atoms with Crippen LogP contribution in [0.3, 0.4) is 0 Å². The lowest BCUT2D eigenvalue weighted by Gasteiger charge is -2.33. The second-order valence-corrected chi connectivity index (χ2v) is 7.09. The Balaban J connectivity index is 1.73. The average Bonchev–Trinajstić information content (AvgIpc) is 2.71. The number of nitrogens with one attached hydrogen (secondary N) is 1. The van der Waals surface area contributed by atoms with Crippen LogP contribution in [0.15, 0.2) is 29.3 Å². The Kier molecular flexibility index (Phi) is 3.57. The van der Waals surface area contributed by atoms with Gasteiger partial charge in [0.1, 0.15) is 0 Å². The molecule has 2 atom stereocenters. The number of aliphatic imine (C=N–C) groups is 1. The van der Waals surface area contributed by atoms with Crippen LogP contribution in [0, 0.1) is 12.8 Å². The van der Waals surface area contributed by atoms with Gasteiger partial charge in [0.2, 0.25) is 0 Å². The number of thioether (sulfide) groups is 1. The molecule has 1 aromatic rings. The first-order valence-electron chi connectivity index (χ1n) is 7.22. The quantitative estimate of drug-likeness (QED) is 0.817. The van der Waals surface area contributed by atoms with Crippen LogP contribution >= 0.6 is 11.8 Å². The molecule has 1 aliphatic heterocycles. The third-order valence-electron chi connectivity index (χ3n) is 4.15. The van der Waals surface area contributed by atoms with Crippen molar-refractivity contribution in [2.45, 2.75) is 45.1 Å². The third-order valence-corrected chi connectivity index (χ3v) is 5.30. The Bertz CT molecular complexity index is 497. The fraction of sp³-hybridized carbons (Fsp3) is 0.562. The van der Waals surface area contributed by atoms with Crippen LogP contribution in [0.2, 0.25) is 0 Å². The number of benzene rings is 1. The maximum atomic E-state index is 5.02. The molecule has 1 fully saturated rings. The van der Waals surface area contributed by atoms with Gasteiger partial charge >= 0.3 is 0 Å². The predicted octanol–water partition coefficient (Wildman–Crippen LogP) is 4.46. The minimum atomic E-state index is 0.231. The molecule has 1 aliphatic carbocycles. The molecule has 1 aromatic carbocycles. The zero-order valence-electron chi connectivity index (χ0n) is 11.8. The zero-order valence-corrected chi connectivity index (χ0v) is 12.6. The van der Waals surface area contributed by atoms with Crippen LogP contribution in [0.1, 0.15) is 38.2 Å². The van der Waals surface area contributed by atoms with E-state index in [9.17, 15) is 0 Å². The number of rotatable bonds is 1. The molecule has 19 heavy (non-hydrogen) atoms. The molecule has 3 rings (SSSR count). The summed E-state index contributed by atoms with van der Waals surface area (Å²) < 4.78 is 0. The van der Waals surface area contributed by atoms with Crippen molar-refractivity contribution in [2.75, 3.05) is 11.1 Å². The second-order valence-electron chi connectivity index (χ2n) is 6.13. The summed E-state index contributed by atoms with van der Waals surface area (Å²) in [6, 6.07) is 8.51.